The smallest absolute Gasteiger partial charge is 0.346 e. The van der Waals surface area contributed by atoms with Crippen LogP contribution in [-0.4, -0.2) is 47.0 Å². The number of fused-ring (bicyclic) bond motifs is 1. The van der Waals surface area contributed by atoms with Crippen molar-refractivity contribution in [3.05, 3.63) is 40.0 Å². The van der Waals surface area contributed by atoms with E-state index >= 15 is 0 Å². The summed E-state index contributed by atoms with van der Waals surface area (Å²) in [6, 6.07) is 6.62. The summed E-state index contributed by atoms with van der Waals surface area (Å²) in [7, 11) is 0. The fourth-order valence-electron chi connectivity index (χ4n) is 3.90. The van der Waals surface area contributed by atoms with Gasteiger partial charge in [-0.1, -0.05) is 23.7 Å². The molecule has 1 aliphatic carbocycles. The van der Waals surface area contributed by atoms with Crippen LogP contribution in [0, 0.1) is 18.8 Å². The molecule has 1 saturated heterocycles. The fraction of sp³-hybridized carbons (Fsp3) is 0.421. The molecular formula is C19H17ClF3N3O2S. The quantitative estimate of drug-likeness (QED) is 0.779. The van der Waals surface area contributed by atoms with E-state index in [0.29, 0.717) is 21.5 Å². The lowest BCUT2D eigenvalue weighted by Crippen LogP contribution is -2.48. The molecule has 0 bridgehead atoms. The second-order valence-corrected chi connectivity index (χ2v) is 8.95. The highest BCUT2D eigenvalue weighted by Gasteiger charge is 2.54. The van der Waals surface area contributed by atoms with Gasteiger partial charge >= 0.3 is 12.1 Å². The number of aromatic nitrogens is 1. The lowest BCUT2D eigenvalue weighted by atomic mass is 10.1. The first-order chi connectivity index (χ1) is 13.6. The summed E-state index contributed by atoms with van der Waals surface area (Å²) in [5, 5.41) is 3.16. The van der Waals surface area contributed by atoms with Gasteiger partial charge in [0.15, 0.2) is 0 Å². The van der Waals surface area contributed by atoms with Crippen molar-refractivity contribution in [1.29, 1.82) is 0 Å². The van der Waals surface area contributed by atoms with Gasteiger partial charge in [-0.25, -0.2) is 4.98 Å². The highest BCUT2D eigenvalue weighted by atomic mass is 35.5. The summed E-state index contributed by atoms with van der Waals surface area (Å²) in [5.74, 6) is -1.94. The van der Waals surface area contributed by atoms with Gasteiger partial charge in [0.25, 0.3) is 5.91 Å². The number of amides is 2. The molecule has 5 nitrogen and oxygen atoms in total. The van der Waals surface area contributed by atoms with Crippen molar-refractivity contribution in [2.75, 3.05) is 13.1 Å². The second-order valence-electron chi connectivity index (χ2n) is 7.31. The third-order valence-electron chi connectivity index (χ3n) is 5.32. The molecule has 29 heavy (non-hydrogen) atoms. The number of rotatable bonds is 4. The van der Waals surface area contributed by atoms with E-state index in [2.05, 4.69) is 4.98 Å². The van der Waals surface area contributed by atoms with E-state index in [1.165, 1.54) is 11.3 Å². The number of carbonyl (C=O) groups is 2. The van der Waals surface area contributed by atoms with Crippen LogP contribution in [0.3, 0.4) is 0 Å². The van der Waals surface area contributed by atoms with Crippen LogP contribution in [0.5, 0.6) is 0 Å². The molecule has 2 aliphatic rings. The molecule has 0 radical (unpaired) electrons. The van der Waals surface area contributed by atoms with Crippen molar-refractivity contribution in [2.45, 2.75) is 25.6 Å². The molecule has 4 rings (SSSR count). The third-order valence-corrected chi connectivity index (χ3v) is 6.57. The number of nitrogens with one attached hydrogen (secondary N) is 1. The summed E-state index contributed by atoms with van der Waals surface area (Å²) in [6.07, 6.45) is -4.09. The summed E-state index contributed by atoms with van der Waals surface area (Å²) < 4.78 is 37.5. The van der Waals surface area contributed by atoms with Crippen molar-refractivity contribution in [2.24, 2.45) is 11.8 Å². The number of carbonyl (C=O) groups excluding carboxylic acids is 2. The number of likely N-dealkylation sites (tertiary alicyclic amines) is 1. The summed E-state index contributed by atoms with van der Waals surface area (Å²) in [6.45, 7) is 2.03. The molecule has 2 heterocycles. The zero-order chi connectivity index (χ0) is 20.9. The lowest BCUT2D eigenvalue weighted by Gasteiger charge is -2.27. The van der Waals surface area contributed by atoms with E-state index < -0.39 is 18.1 Å². The Morgan fingerprint density at radius 2 is 2.14 bits per heavy atom. The Labute approximate surface area is 173 Å². The number of thiazole rings is 1. The normalized spacial score (nSPS) is 23.1. The van der Waals surface area contributed by atoms with Crippen LogP contribution in [0.15, 0.2) is 24.3 Å². The van der Waals surface area contributed by atoms with E-state index in [0.717, 1.165) is 12.0 Å². The van der Waals surface area contributed by atoms with Crippen molar-refractivity contribution in [3.8, 4) is 10.4 Å². The van der Waals surface area contributed by atoms with Gasteiger partial charge in [-0.05, 0) is 42.9 Å². The maximum absolute atomic E-state index is 13.3. The number of alkyl halides is 3. The van der Waals surface area contributed by atoms with E-state index in [1.54, 1.807) is 30.0 Å². The van der Waals surface area contributed by atoms with Crippen LogP contribution in [0.25, 0.3) is 10.4 Å². The predicted octanol–water partition coefficient (Wildman–Crippen LogP) is 3.91. The third kappa shape index (κ3) is 3.98. The predicted molar refractivity (Wildman–Crippen MR) is 103 cm³/mol. The molecule has 2 aromatic rings. The summed E-state index contributed by atoms with van der Waals surface area (Å²) >= 11 is 7.44. The number of piperidine rings is 1. The topological polar surface area (TPSA) is 62.3 Å². The molecule has 10 heteroatoms. The molecule has 1 saturated carbocycles. The Morgan fingerprint density at radius 3 is 2.83 bits per heavy atom. The highest BCUT2D eigenvalue weighted by molar-refractivity contribution is 7.15. The van der Waals surface area contributed by atoms with E-state index in [-0.39, 0.29) is 30.0 Å². The molecule has 1 aliphatic heterocycles. The van der Waals surface area contributed by atoms with Gasteiger partial charge in [-0.3, -0.25) is 9.59 Å². The number of aryl methyl sites for hydroxylation is 1. The molecule has 154 valence electrons. The Balaban J connectivity index is 1.57. The van der Waals surface area contributed by atoms with Crippen LogP contribution in [0.2, 0.25) is 5.02 Å². The first-order valence-corrected chi connectivity index (χ1v) is 10.2. The minimum absolute atomic E-state index is 0.113. The minimum atomic E-state index is -4.94. The van der Waals surface area contributed by atoms with Crippen LogP contribution in [-0.2, 0) is 4.79 Å². The van der Waals surface area contributed by atoms with Gasteiger partial charge in [0.2, 0.25) is 0 Å². The highest BCUT2D eigenvalue weighted by Crippen LogP contribution is 2.50. The van der Waals surface area contributed by atoms with Crippen LogP contribution < -0.4 is 5.32 Å². The maximum atomic E-state index is 13.3. The van der Waals surface area contributed by atoms with E-state index in [9.17, 15) is 22.8 Å². The Bertz CT molecular complexity index is 978. The molecule has 2 fully saturated rings. The average Bonchev–Trinajstić information content (AvgIpc) is 3.16. The van der Waals surface area contributed by atoms with Gasteiger partial charge < -0.3 is 10.2 Å². The molecule has 1 aromatic heterocycles. The molecule has 1 N–H and O–H groups in total. The number of nitrogens with zero attached hydrogens (tertiary/aromatic N) is 2. The standard InChI is InChI=1S/C19H17ClF3N3O2S/c1-9-25-15(16(29-9)10-3-2-4-12(20)5-10)17(27)26-8-11-6-13(11)14(26)7-24-18(28)19(21,22)23/h2-5,11,13-14H,6-8H2,1H3,(H,24,28)/t11-,13?,14-/m1/s1. The zero-order valence-corrected chi connectivity index (χ0v) is 16.9. The molecule has 0 spiro atoms. The Hall–Kier alpha value is -2.13. The zero-order valence-electron chi connectivity index (χ0n) is 15.3. The first kappa shape index (κ1) is 20.2. The van der Waals surface area contributed by atoms with Gasteiger partial charge in [0.1, 0.15) is 5.69 Å². The lowest BCUT2D eigenvalue weighted by molar-refractivity contribution is -0.173. The molecule has 1 unspecified atom stereocenters. The number of hydrogen-bond acceptors (Lipinski definition) is 4. The van der Waals surface area contributed by atoms with Crippen LogP contribution in [0.1, 0.15) is 21.9 Å². The maximum Gasteiger partial charge on any atom is 0.471 e. The fourth-order valence-corrected chi connectivity index (χ4v) is 4.99. The summed E-state index contributed by atoms with van der Waals surface area (Å²) in [5.41, 5.74) is 1.03. The Morgan fingerprint density at radius 1 is 1.38 bits per heavy atom. The van der Waals surface area contributed by atoms with Gasteiger partial charge in [0.05, 0.1) is 15.9 Å². The van der Waals surface area contributed by atoms with Crippen molar-refractivity contribution < 1.29 is 22.8 Å². The molecular weight excluding hydrogens is 427 g/mol. The number of benzene rings is 1. The molecule has 3 atom stereocenters. The number of halogens is 4. The van der Waals surface area contributed by atoms with Crippen LogP contribution >= 0.6 is 22.9 Å². The largest absolute Gasteiger partial charge is 0.471 e. The molecule has 2 amide bonds. The van der Waals surface area contributed by atoms with Crippen molar-refractivity contribution >= 4 is 34.8 Å². The monoisotopic (exact) mass is 443 g/mol. The Kier molecular flexibility index (Phi) is 5.06. The first-order valence-electron chi connectivity index (χ1n) is 9.04. The average molecular weight is 444 g/mol. The second kappa shape index (κ2) is 7.28. The van der Waals surface area contributed by atoms with E-state index in [1.807, 2.05) is 11.4 Å². The van der Waals surface area contributed by atoms with Gasteiger partial charge in [-0.15, -0.1) is 11.3 Å². The number of hydrogen-bond donors (Lipinski definition) is 1. The minimum Gasteiger partial charge on any atom is -0.346 e. The summed E-state index contributed by atoms with van der Waals surface area (Å²) in [4.78, 5) is 31.1. The van der Waals surface area contributed by atoms with Gasteiger partial charge in [-0.2, -0.15) is 13.2 Å². The van der Waals surface area contributed by atoms with Crippen molar-refractivity contribution in [3.63, 3.8) is 0 Å². The van der Waals surface area contributed by atoms with Crippen molar-refractivity contribution in [1.82, 2.24) is 15.2 Å². The van der Waals surface area contributed by atoms with E-state index in [4.69, 9.17) is 11.6 Å². The molecule has 1 aromatic carbocycles. The van der Waals surface area contributed by atoms with Crippen LogP contribution in [0.4, 0.5) is 13.2 Å². The van der Waals surface area contributed by atoms with Gasteiger partial charge in [0, 0.05) is 18.1 Å². The SMILES string of the molecule is Cc1nc(C(=O)N2C[C@H]3CC3[C@H]2CNC(=O)C(F)(F)F)c(-c2cccc(Cl)c2)s1.